The molecule has 1 aliphatic heterocycles. The summed E-state index contributed by atoms with van der Waals surface area (Å²) in [5.41, 5.74) is 1.46. The molecule has 1 amide bonds. The molecule has 1 aromatic carbocycles. The highest BCUT2D eigenvalue weighted by Gasteiger charge is 2.39. The van der Waals surface area contributed by atoms with Crippen molar-refractivity contribution in [1.29, 1.82) is 0 Å². The zero-order valence-electron chi connectivity index (χ0n) is 21.2. The maximum atomic E-state index is 13.7. The quantitative estimate of drug-likeness (QED) is 0.628. The standard InChI is InChI=1S/C26H36N4O5S/c1-18-14-30(19(2)16-31)36(33,34)25-10-9-21(22-12-27-17-28-13-22)11-23(25)35-24(18)15-29(3)26(32)20-7-5-4-6-8-20/h9-13,17-20,24,31H,4-8,14-16H2,1-3H3/t18-,19+,24-/m1/s1. The second-order valence-corrected chi connectivity index (χ2v) is 11.9. The molecule has 4 rings (SSSR count). The van der Waals surface area contributed by atoms with E-state index in [1.807, 2.05) is 6.92 Å². The number of fused-ring (bicyclic) bond motifs is 1. The second kappa shape index (κ2) is 11.2. The van der Waals surface area contributed by atoms with E-state index in [1.165, 1.54) is 23.1 Å². The molecule has 36 heavy (non-hydrogen) atoms. The number of carbonyl (C=O) groups is 1. The van der Waals surface area contributed by atoms with Gasteiger partial charge in [-0.25, -0.2) is 18.4 Å². The number of ether oxygens (including phenoxy) is 1. The number of aliphatic hydroxyl groups excluding tert-OH is 1. The largest absolute Gasteiger partial charge is 0.487 e. The van der Waals surface area contributed by atoms with E-state index < -0.39 is 22.2 Å². The normalized spacial score (nSPS) is 23.6. The van der Waals surface area contributed by atoms with E-state index in [0.29, 0.717) is 6.54 Å². The predicted octanol–water partition coefficient (Wildman–Crippen LogP) is 2.95. The Bertz CT molecular complexity index is 1150. The SMILES string of the molecule is C[C@@H]1CN([C@@H](C)CO)S(=O)(=O)c2ccc(-c3cncnc3)cc2O[C@@H]1CN(C)C(=O)C1CCCCC1. The molecule has 3 atom stereocenters. The van der Waals surface area contributed by atoms with Crippen LogP contribution in [0.5, 0.6) is 5.75 Å². The Hall–Kier alpha value is -2.56. The maximum Gasteiger partial charge on any atom is 0.247 e. The minimum atomic E-state index is -3.93. The minimum Gasteiger partial charge on any atom is -0.487 e. The molecule has 1 saturated carbocycles. The molecular weight excluding hydrogens is 480 g/mol. The molecule has 1 fully saturated rings. The molecule has 2 aliphatic rings. The third-order valence-electron chi connectivity index (χ3n) is 7.35. The van der Waals surface area contributed by atoms with E-state index in [0.717, 1.165) is 36.8 Å². The van der Waals surface area contributed by atoms with Gasteiger partial charge in [-0.2, -0.15) is 4.31 Å². The monoisotopic (exact) mass is 516 g/mol. The molecule has 0 unspecified atom stereocenters. The van der Waals surface area contributed by atoms with Crippen LogP contribution >= 0.6 is 0 Å². The number of benzene rings is 1. The van der Waals surface area contributed by atoms with Gasteiger partial charge in [0.25, 0.3) is 0 Å². The Morgan fingerprint density at radius 1 is 1.19 bits per heavy atom. The van der Waals surface area contributed by atoms with E-state index in [4.69, 9.17) is 4.74 Å². The molecule has 1 N–H and O–H groups in total. The third kappa shape index (κ3) is 5.55. The van der Waals surface area contributed by atoms with Crippen molar-refractivity contribution in [2.24, 2.45) is 11.8 Å². The fourth-order valence-electron chi connectivity index (χ4n) is 5.09. The van der Waals surface area contributed by atoms with E-state index in [-0.39, 0.29) is 41.5 Å². The predicted molar refractivity (Wildman–Crippen MR) is 136 cm³/mol. The van der Waals surface area contributed by atoms with Crippen molar-refractivity contribution < 1.29 is 23.1 Å². The summed E-state index contributed by atoms with van der Waals surface area (Å²) in [4.78, 5) is 23.1. The molecule has 0 radical (unpaired) electrons. The summed E-state index contributed by atoms with van der Waals surface area (Å²) >= 11 is 0. The molecule has 0 saturated heterocycles. The molecule has 1 aliphatic carbocycles. The average molecular weight is 517 g/mol. The summed E-state index contributed by atoms with van der Waals surface area (Å²) in [6, 6.07) is 4.34. The lowest BCUT2D eigenvalue weighted by Crippen LogP contribution is -2.50. The van der Waals surface area contributed by atoms with Crippen molar-refractivity contribution in [3.05, 3.63) is 36.9 Å². The fourth-order valence-corrected chi connectivity index (χ4v) is 6.92. The summed E-state index contributed by atoms with van der Waals surface area (Å²) < 4.78 is 35.1. The van der Waals surface area contributed by atoms with Crippen LogP contribution in [0.15, 0.2) is 41.8 Å². The Labute approximate surface area is 213 Å². The molecule has 2 aromatic rings. The van der Waals surface area contributed by atoms with Gasteiger partial charge < -0.3 is 14.7 Å². The summed E-state index contributed by atoms with van der Waals surface area (Å²) in [5, 5.41) is 9.83. The summed E-state index contributed by atoms with van der Waals surface area (Å²) in [5.74, 6) is 0.154. The number of aromatic nitrogens is 2. The number of nitrogens with zero attached hydrogens (tertiary/aromatic N) is 4. The molecule has 0 bridgehead atoms. The van der Waals surface area contributed by atoms with Crippen LogP contribution in [0, 0.1) is 11.8 Å². The van der Waals surface area contributed by atoms with Crippen molar-refractivity contribution in [3.8, 4) is 16.9 Å². The van der Waals surface area contributed by atoms with Crippen LogP contribution in [0.25, 0.3) is 11.1 Å². The van der Waals surface area contributed by atoms with Crippen LogP contribution in [-0.2, 0) is 14.8 Å². The van der Waals surface area contributed by atoms with Crippen LogP contribution < -0.4 is 4.74 Å². The fraction of sp³-hybridized carbons (Fsp3) is 0.577. The lowest BCUT2D eigenvalue weighted by molar-refractivity contribution is -0.136. The van der Waals surface area contributed by atoms with Crippen LogP contribution in [0.3, 0.4) is 0 Å². The number of amides is 1. The lowest BCUT2D eigenvalue weighted by Gasteiger charge is -2.38. The molecular formula is C26H36N4O5S. The van der Waals surface area contributed by atoms with Crippen LogP contribution in [0.1, 0.15) is 46.0 Å². The van der Waals surface area contributed by atoms with Crippen molar-refractivity contribution in [1.82, 2.24) is 19.2 Å². The van der Waals surface area contributed by atoms with Gasteiger partial charge in [-0.1, -0.05) is 32.3 Å². The van der Waals surface area contributed by atoms with Gasteiger partial charge in [0.1, 0.15) is 23.1 Å². The number of hydrogen-bond acceptors (Lipinski definition) is 7. The number of hydrogen-bond donors (Lipinski definition) is 1. The Morgan fingerprint density at radius 2 is 1.89 bits per heavy atom. The molecule has 0 spiro atoms. The first-order valence-corrected chi connectivity index (χ1v) is 14.1. The molecule has 196 valence electrons. The first-order valence-electron chi connectivity index (χ1n) is 12.7. The van der Waals surface area contributed by atoms with Crippen molar-refractivity contribution in [3.63, 3.8) is 0 Å². The zero-order valence-corrected chi connectivity index (χ0v) is 22.0. The van der Waals surface area contributed by atoms with E-state index in [9.17, 15) is 18.3 Å². The Morgan fingerprint density at radius 3 is 2.56 bits per heavy atom. The zero-order chi connectivity index (χ0) is 25.9. The number of carbonyl (C=O) groups excluding carboxylic acids is 1. The topological polar surface area (TPSA) is 113 Å². The van der Waals surface area contributed by atoms with Gasteiger partial charge >= 0.3 is 0 Å². The molecule has 10 heteroatoms. The summed E-state index contributed by atoms with van der Waals surface area (Å²) in [6.45, 7) is 3.84. The van der Waals surface area contributed by atoms with Gasteiger partial charge in [0.2, 0.25) is 15.9 Å². The van der Waals surface area contributed by atoms with Crippen molar-refractivity contribution in [2.75, 3.05) is 26.7 Å². The van der Waals surface area contributed by atoms with Gasteiger partial charge in [0.15, 0.2) is 0 Å². The van der Waals surface area contributed by atoms with Crippen LogP contribution in [0.2, 0.25) is 0 Å². The van der Waals surface area contributed by atoms with Gasteiger partial charge in [-0.05, 0) is 37.5 Å². The van der Waals surface area contributed by atoms with Gasteiger partial charge in [-0.15, -0.1) is 0 Å². The molecule has 2 heterocycles. The summed E-state index contributed by atoms with van der Waals surface area (Å²) in [7, 11) is -2.13. The number of likely N-dealkylation sites (N-methyl/N-ethyl adjacent to an activating group) is 1. The first-order chi connectivity index (χ1) is 17.2. The lowest BCUT2D eigenvalue weighted by atomic mass is 9.88. The highest BCUT2D eigenvalue weighted by Crippen LogP contribution is 2.36. The van der Waals surface area contributed by atoms with Crippen molar-refractivity contribution >= 4 is 15.9 Å². The van der Waals surface area contributed by atoms with Crippen LogP contribution in [-0.4, -0.2) is 77.5 Å². The first kappa shape index (κ1) is 26.5. The summed E-state index contributed by atoms with van der Waals surface area (Å²) in [6.07, 6.45) is 9.46. The minimum absolute atomic E-state index is 0.0378. The van der Waals surface area contributed by atoms with Gasteiger partial charge in [-0.3, -0.25) is 4.79 Å². The highest BCUT2D eigenvalue weighted by molar-refractivity contribution is 7.89. The smallest absolute Gasteiger partial charge is 0.247 e. The van der Waals surface area contributed by atoms with Crippen LogP contribution in [0.4, 0.5) is 0 Å². The maximum absolute atomic E-state index is 13.7. The van der Waals surface area contributed by atoms with Crippen molar-refractivity contribution in [2.45, 2.75) is 63.0 Å². The number of aliphatic hydroxyl groups is 1. The average Bonchev–Trinajstić information content (AvgIpc) is 2.90. The van der Waals surface area contributed by atoms with E-state index >= 15 is 0 Å². The highest BCUT2D eigenvalue weighted by atomic mass is 32.2. The number of sulfonamides is 1. The van der Waals surface area contributed by atoms with E-state index in [2.05, 4.69) is 9.97 Å². The number of rotatable bonds is 6. The van der Waals surface area contributed by atoms with Gasteiger partial charge in [0.05, 0.1) is 13.2 Å². The Balaban J connectivity index is 1.70. The molecule has 1 aromatic heterocycles. The Kier molecular flexibility index (Phi) is 8.27. The molecule has 9 nitrogen and oxygen atoms in total. The second-order valence-electron chi connectivity index (χ2n) is 10.1. The van der Waals surface area contributed by atoms with Gasteiger partial charge in [0, 0.05) is 49.4 Å². The van der Waals surface area contributed by atoms with E-state index in [1.54, 1.807) is 43.4 Å². The third-order valence-corrected chi connectivity index (χ3v) is 9.36.